The van der Waals surface area contributed by atoms with Crippen LogP contribution in [0.4, 0.5) is 5.69 Å². The second-order valence-electron chi connectivity index (χ2n) is 6.25. The molecule has 2 aliphatic rings. The maximum Gasteiger partial charge on any atom is 0.251 e. The normalized spacial score (nSPS) is 26.0. The van der Waals surface area contributed by atoms with E-state index in [1.807, 2.05) is 19.1 Å². The monoisotopic (exact) mass is 286 g/mol. The van der Waals surface area contributed by atoms with Gasteiger partial charge >= 0.3 is 0 Å². The Kier molecular flexibility index (Phi) is 3.95. The summed E-state index contributed by atoms with van der Waals surface area (Å²) >= 11 is 0. The van der Waals surface area contributed by atoms with Gasteiger partial charge in [-0.1, -0.05) is 13.0 Å². The molecular weight excluding hydrogens is 264 g/mol. The summed E-state index contributed by atoms with van der Waals surface area (Å²) in [6.45, 7) is 2.68. The lowest BCUT2D eigenvalue weighted by Gasteiger charge is -2.13. The van der Waals surface area contributed by atoms with Gasteiger partial charge in [0.1, 0.15) is 0 Å². The molecule has 0 aromatic heterocycles. The lowest BCUT2D eigenvalue weighted by molar-refractivity contribution is -0.120. The highest BCUT2D eigenvalue weighted by Crippen LogP contribution is 2.54. The summed E-state index contributed by atoms with van der Waals surface area (Å²) < 4.78 is 0. The second kappa shape index (κ2) is 5.88. The quantitative estimate of drug-likeness (QED) is 0.874. The summed E-state index contributed by atoms with van der Waals surface area (Å²) in [7, 11) is 0. The maximum atomic E-state index is 12.2. The van der Waals surface area contributed by atoms with E-state index in [9.17, 15) is 9.59 Å². The number of nitrogens with one attached hydrogen (secondary N) is 2. The van der Waals surface area contributed by atoms with E-state index in [-0.39, 0.29) is 17.7 Å². The molecule has 4 nitrogen and oxygen atoms in total. The Bertz CT molecular complexity index is 545. The van der Waals surface area contributed by atoms with Crippen molar-refractivity contribution >= 4 is 17.5 Å². The third-order valence-corrected chi connectivity index (χ3v) is 4.54. The van der Waals surface area contributed by atoms with Crippen LogP contribution in [-0.4, -0.2) is 18.4 Å². The molecule has 1 aromatic carbocycles. The highest BCUT2D eigenvalue weighted by molar-refractivity contribution is 5.97. The van der Waals surface area contributed by atoms with Crippen molar-refractivity contribution in [2.24, 2.45) is 17.8 Å². The summed E-state index contributed by atoms with van der Waals surface area (Å²) in [6, 6.07) is 7.16. The first-order valence-electron chi connectivity index (χ1n) is 7.86. The van der Waals surface area contributed by atoms with Crippen LogP contribution in [0.25, 0.3) is 0 Å². The van der Waals surface area contributed by atoms with Crippen LogP contribution in [0.3, 0.4) is 0 Å². The molecule has 0 radical (unpaired) electrons. The first-order valence-corrected chi connectivity index (χ1v) is 7.86. The topological polar surface area (TPSA) is 58.2 Å². The fourth-order valence-corrected chi connectivity index (χ4v) is 3.25. The predicted octanol–water partition coefficient (Wildman–Crippen LogP) is 2.81. The number of carbonyl (C=O) groups excluding carboxylic acids is 2. The van der Waals surface area contributed by atoms with Crippen LogP contribution >= 0.6 is 0 Å². The zero-order valence-electron chi connectivity index (χ0n) is 12.4. The number of benzene rings is 1. The smallest absolute Gasteiger partial charge is 0.251 e. The van der Waals surface area contributed by atoms with Crippen LogP contribution in [0.1, 0.15) is 43.0 Å². The van der Waals surface area contributed by atoms with E-state index in [0.29, 0.717) is 17.8 Å². The highest BCUT2D eigenvalue weighted by Gasteiger charge is 2.47. The van der Waals surface area contributed by atoms with E-state index >= 15 is 0 Å². The third kappa shape index (κ3) is 3.26. The Labute approximate surface area is 125 Å². The number of hydrogen-bond donors (Lipinski definition) is 2. The third-order valence-electron chi connectivity index (χ3n) is 4.54. The van der Waals surface area contributed by atoms with Gasteiger partial charge in [-0.3, -0.25) is 9.59 Å². The number of hydrogen-bond acceptors (Lipinski definition) is 2. The fourth-order valence-electron chi connectivity index (χ4n) is 3.25. The molecule has 2 fully saturated rings. The summed E-state index contributed by atoms with van der Waals surface area (Å²) in [5.74, 6) is 1.77. The first kappa shape index (κ1) is 14.1. The minimum Gasteiger partial charge on any atom is -0.352 e. The average Bonchev–Trinajstić information content (AvgIpc) is 3.11. The SMILES string of the molecule is CCCNC(=O)c1cccc(NC(=O)C2CC3CC3C2)c1. The molecule has 0 spiro atoms. The Morgan fingerprint density at radius 1 is 1.19 bits per heavy atom. The molecule has 21 heavy (non-hydrogen) atoms. The molecule has 3 rings (SSSR count). The molecule has 4 heteroatoms. The Balaban J connectivity index is 1.60. The lowest BCUT2D eigenvalue weighted by atomic mass is 10.0. The molecule has 2 aliphatic carbocycles. The van der Waals surface area contributed by atoms with Crippen LogP contribution in [0.5, 0.6) is 0 Å². The summed E-state index contributed by atoms with van der Waals surface area (Å²) in [6.07, 6.45) is 4.30. The van der Waals surface area contributed by atoms with Crippen LogP contribution in [0, 0.1) is 17.8 Å². The molecule has 2 N–H and O–H groups in total. The zero-order chi connectivity index (χ0) is 14.8. The molecule has 1 aromatic rings. The second-order valence-corrected chi connectivity index (χ2v) is 6.25. The highest BCUT2D eigenvalue weighted by atomic mass is 16.2. The van der Waals surface area contributed by atoms with Gasteiger partial charge in [0.2, 0.25) is 5.91 Å². The predicted molar refractivity (Wildman–Crippen MR) is 82.0 cm³/mol. The molecule has 2 atom stereocenters. The summed E-state index contributed by atoms with van der Waals surface area (Å²) in [4.78, 5) is 24.1. The van der Waals surface area contributed by atoms with E-state index in [1.165, 1.54) is 6.42 Å². The lowest BCUT2D eigenvalue weighted by Crippen LogP contribution is -2.24. The molecule has 0 heterocycles. The Morgan fingerprint density at radius 3 is 2.67 bits per heavy atom. The number of amides is 2. The molecule has 2 unspecified atom stereocenters. The van der Waals surface area contributed by atoms with Crippen molar-refractivity contribution in [2.75, 3.05) is 11.9 Å². The van der Waals surface area contributed by atoms with E-state index in [4.69, 9.17) is 0 Å². The van der Waals surface area contributed by atoms with Gasteiger partial charge in [0, 0.05) is 23.7 Å². The maximum absolute atomic E-state index is 12.2. The van der Waals surface area contributed by atoms with Gasteiger partial charge in [0.15, 0.2) is 0 Å². The fraction of sp³-hybridized carbons (Fsp3) is 0.529. The largest absolute Gasteiger partial charge is 0.352 e. The van der Waals surface area contributed by atoms with Gasteiger partial charge in [-0.2, -0.15) is 0 Å². The van der Waals surface area contributed by atoms with E-state index in [2.05, 4.69) is 10.6 Å². The Hall–Kier alpha value is -1.84. The van der Waals surface area contributed by atoms with Gasteiger partial charge in [0.25, 0.3) is 5.91 Å². The van der Waals surface area contributed by atoms with Crippen LogP contribution in [0.2, 0.25) is 0 Å². The minimum atomic E-state index is -0.0879. The molecule has 0 aliphatic heterocycles. The summed E-state index contributed by atoms with van der Waals surface area (Å²) in [5, 5.41) is 5.80. The van der Waals surface area contributed by atoms with Gasteiger partial charge in [-0.25, -0.2) is 0 Å². The summed E-state index contributed by atoms with van der Waals surface area (Å²) in [5.41, 5.74) is 1.31. The van der Waals surface area contributed by atoms with E-state index in [0.717, 1.165) is 31.1 Å². The van der Waals surface area contributed by atoms with E-state index < -0.39 is 0 Å². The zero-order valence-corrected chi connectivity index (χ0v) is 12.4. The number of rotatable bonds is 5. The molecule has 0 bridgehead atoms. The Morgan fingerprint density at radius 2 is 1.95 bits per heavy atom. The van der Waals surface area contributed by atoms with Crippen molar-refractivity contribution in [1.82, 2.24) is 5.32 Å². The molecule has 0 saturated heterocycles. The first-order chi connectivity index (χ1) is 10.2. The van der Waals surface area contributed by atoms with Crippen LogP contribution < -0.4 is 10.6 Å². The standard InChI is InChI=1S/C17H22N2O2/c1-2-6-18-16(20)11-4-3-5-15(10-11)19-17(21)14-8-12-7-13(12)9-14/h3-5,10,12-14H,2,6-9H2,1H3,(H,18,20)(H,19,21). The van der Waals surface area contributed by atoms with Crippen LogP contribution in [-0.2, 0) is 4.79 Å². The van der Waals surface area contributed by atoms with Crippen molar-refractivity contribution in [3.05, 3.63) is 29.8 Å². The molecule has 112 valence electrons. The molecule has 2 amide bonds. The molecule has 2 saturated carbocycles. The number of fused-ring (bicyclic) bond motifs is 1. The van der Waals surface area contributed by atoms with Crippen molar-refractivity contribution < 1.29 is 9.59 Å². The van der Waals surface area contributed by atoms with Gasteiger partial charge in [-0.15, -0.1) is 0 Å². The van der Waals surface area contributed by atoms with Crippen molar-refractivity contribution in [2.45, 2.75) is 32.6 Å². The van der Waals surface area contributed by atoms with Gasteiger partial charge in [-0.05, 0) is 55.7 Å². The number of carbonyl (C=O) groups is 2. The molecular formula is C17H22N2O2. The van der Waals surface area contributed by atoms with Crippen LogP contribution in [0.15, 0.2) is 24.3 Å². The number of anilines is 1. The van der Waals surface area contributed by atoms with Crippen molar-refractivity contribution in [3.63, 3.8) is 0 Å². The van der Waals surface area contributed by atoms with Crippen molar-refractivity contribution in [1.29, 1.82) is 0 Å². The minimum absolute atomic E-state index is 0.0879. The van der Waals surface area contributed by atoms with Crippen molar-refractivity contribution in [3.8, 4) is 0 Å². The average molecular weight is 286 g/mol. The van der Waals surface area contributed by atoms with E-state index in [1.54, 1.807) is 12.1 Å². The van der Waals surface area contributed by atoms with Gasteiger partial charge in [0.05, 0.1) is 0 Å². The van der Waals surface area contributed by atoms with Gasteiger partial charge < -0.3 is 10.6 Å².